The van der Waals surface area contributed by atoms with Gasteiger partial charge in [-0.15, -0.1) is 0 Å². The Morgan fingerprint density at radius 3 is 0.882 bits per heavy atom. The fraction of sp³-hybridized carbons (Fsp3) is 0.0250. The van der Waals surface area contributed by atoms with Gasteiger partial charge in [0, 0.05) is 82.3 Å². The summed E-state index contributed by atoms with van der Waals surface area (Å²) in [5, 5.41) is 12.7. The van der Waals surface area contributed by atoms with Gasteiger partial charge in [0.25, 0.3) is 0 Å². The van der Waals surface area contributed by atoms with Gasteiger partial charge in [-0.1, -0.05) is 188 Å². The van der Waals surface area contributed by atoms with Crippen LogP contribution in [0.1, 0.15) is 11.1 Å². The predicted octanol–water partition coefficient (Wildman–Crippen LogP) is 21.1. The van der Waals surface area contributed by atoms with E-state index in [-0.39, 0.29) is 0 Å². The van der Waals surface area contributed by atoms with Crippen molar-refractivity contribution in [3.63, 3.8) is 0 Å². The van der Waals surface area contributed by atoms with E-state index in [1.807, 2.05) is 0 Å². The number of para-hydroxylation sites is 9. The molecule has 0 unspecified atom stereocenters. The molecule has 5 nitrogen and oxygen atoms in total. The SMILES string of the molecule is Cc1cc(-n2c3ccccc3c3ccccc32)ccc1-c1ccc(-n2c3ccccc3c3ccccc32)cc1C.c1ccc(-n2c3ccccc3c3c2ccc2c4ccccc4n(-c4cccc(-n5c6ccccc6c6ccccc65)c4)c23)cc1. The van der Waals surface area contributed by atoms with Crippen molar-refractivity contribution in [3.05, 3.63) is 308 Å². The first-order chi connectivity index (χ1) is 42.1. The summed E-state index contributed by atoms with van der Waals surface area (Å²) >= 11 is 0. The summed E-state index contributed by atoms with van der Waals surface area (Å²) in [5.41, 5.74) is 23.2. The molecule has 0 saturated heterocycles. The molecule has 0 aliphatic heterocycles. The summed E-state index contributed by atoms with van der Waals surface area (Å²) < 4.78 is 12.1. The molecule has 0 amide bonds. The molecular formula is C80H55N5. The molecule has 0 spiro atoms. The van der Waals surface area contributed by atoms with Gasteiger partial charge in [0.05, 0.1) is 55.2 Å². The van der Waals surface area contributed by atoms with Crippen LogP contribution in [0.4, 0.5) is 0 Å². The molecule has 18 rings (SSSR count). The molecule has 0 radical (unpaired) electrons. The third-order valence-electron chi connectivity index (χ3n) is 17.8. The minimum atomic E-state index is 1.14. The van der Waals surface area contributed by atoms with E-state index in [0.717, 1.165) is 11.4 Å². The zero-order chi connectivity index (χ0) is 56.3. The van der Waals surface area contributed by atoms with Gasteiger partial charge in [-0.3, -0.25) is 0 Å². The number of benzene rings is 13. The lowest BCUT2D eigenvalue weighted by Crippen LogP contribution is -1.99. The molecule has 85 heavy (non-hydrogen) atoms. The molecule has 13 aromatic carbocycles. The van der Waals surface area contributed by atoms with Crippen molar-refractivity contribution >= 4 is 109 Å². The molecule has 0 aliphatic carbocycles. The quantitative estimate of drug-likeness (QED) is 0.159. The molecule has 0 N–H and O–H groups in total. The van der Waals surface area contributed by atoms with Gasteiger partial charge in [-0.05, 0) is 145 Å². The smallest absolute Gasteiger partial charge is 0.0641 e. The van der Waals surface area contributed by atoms with Crippen LogP contribution in [0.2, 0.25) is 0 Å². The van der Waals surface area contributed by atoms with E-state index in [1.54, 1.807) is 0 Å². The zero-order valence-electron chi connectivity index (χ0n) is 47.0. The second kappa shape index (κ2) is 19.2. The number of nitrogens with zero attached hydrogens (tertiary/aromatic N) is 5. The van der Waals surface area contributed by atoms with Gasteiger partial charge >= 0.3 is 0 Å². The van der Waals surface area contributed by atoms with Crippen molar-refractivity contribution in [2.75, 3.05) is 0 Å². The van der Waals surface area contributed by atoms with Crippen LogP contribution in [-0.2, 0) is 0 Å². The number of rotatable bonds is 6. The first kappa shape index (κ1) is 48.6. The molecule has 400 valence electrons. The van der Waals surface area contributed by atoms with Crippen molar-refractivity contribution in [1.82, 2.24) is 22.8 Å². The normalized spacial score (nSPS) is 11.9. The maximum Gasteiger partial charge on any atom is 0.0641 e. The summed E-state index contributed by atoms with van der Waals surface area (Å²) in [6, 6.07) is 108. The Kier molecular flexibility index (Phi) is 11.0. The van der Waals surface area contributed by atoms with Crippen molar-refractivity contribution in [1.29, 1.82) is 0 Å². The topological polar surface area (TPSA) is 24.6 Å². The number of aromatic nitrogens is 5. The maximum atomic E-state index is 2.48. The molecule has 0 fully saturated rings. The molecule has 5 heterocycles. The van der Waals surface area contributed by atoms with Crippen LogP contribution in [0.15, 0.2) is 297 Å². The number of aryl methyl sites for hydroxylation is 2. The molecule has 0 bridgehead atoms. The van der Waals surface area contributed by atoms with Crippen LogP contribution in [0.5, 0.6) is 0 Å². The highest BCUT2D eigenvalue weighted by Gasteiger charge is 2.22. The fourth-order valence-corrected chi connectivity index (χ4v) is 14.2. The summed E-state index contributed by atoms with van der Waals surface area (Å²) in [7, 11) is 0. The molecule has 5 heteroatoms. The predicted molar refractivity (Wildman–Crippen MR) is 359 cm³/mol. The lowest BCUT2D eigenvalue weighted by Gasteiger charge is -2.15. The Bertz CT molecular complexity index is 5380. The molecular weight excluding hydrogens is 1030 g/mol. The summed E-state index contributed by atoms with van der Waals surface area (Å²) in [6.07, 6.45) is 0. The summed E-state index contributed by atoms with van der Waals surface area (Å²) in [4.78, 5) is 0. The monoisotopic (exact) mass is 1090 g/mol. The van der Waals surface area contributed by atoms with Crippen molar-refractivity contribution in [3.8, 4) is 39.6 Å². The van der Waals surface area contributed by atoms with Crippen molar-refractivity contribution < 1.29 is 0 Å². The van der Waals surface area contributed by atoms with Gasteiger partial charge in [0.15, 0.2) is 0 Å². The van der Waals surface area contributed by atoms with E-state index >= 15 is 0 Å². The number of fused-ring (bicyclic) bond motifs is 16. The maximum absolute atomic E-state index is 2.48. The van der Waals surface area contributed by atoms with E-state index in [4.69, 9.17) is 0 Å². The standard InChI is InChI=1S/C42H27N3.C38H28N2/c1-2-13-28(14-3-1)43-39-24-11-7-20-35(39)41-40(43)26-25-34-33-19-6-10-23-38(33)45(42(34)41)30-16-12-15-29(27-30)44-36-21-8-4-17-31(36)32-18-5-9-22-37(32)44;1-25-23-27(39-35-15-7-3-11-31(35)32-12-4-8-16-36(32)39)19-21-29(25)30-22-20-28(24-26(30)2)40-37-17-9-5-13-33(37)34-14-6-10-18-38(34)40/h1-27H;3-24H,1-2H3. The van der Waals surface area contributed by atoms with Gasteiger partial charge in [-0.25, -0.2) is 0 Å². The molecule has 18 aromatic rings. The van der Waals surface area contributed by atoms with E-state index < -0.39 is 0 Å². The van der Waals surface area contributed by atoms with Crippen LogP contribution in [0.3, 0.4) is 0 Å². The molecule has 5 aromatic heterocycles. The first-order valence-electron chi connectivity index (χ1n) is 29.3. The largest absolute Gasteiger partial charge is 0.309 e. The average Bonchev–Trinajstić information content (AvgIpc) is 2.50. The number of hydrogen-bond acceptors (Lipinski definition) is 0. The van der Waals surface area contributed by atoms with Gasteiger partial charge in [0.2, 0.25) is 0 Å². The molecule has 0 atom stereocenters. The van der Waals surface area contributed by atoms with Crippen molar-refractivity contribution in [2.45, 2.75) is 13.8 Å². The third-order valence-corrected chi connectivity index (χ3v) is 17.8. The average molecular weight is 1090 g/mol. The summed E-state index contributed by atoms with van der Waals surface area (Å²) in [6.45, 7) is 4.46. The van der Waals surface area contributed by atoms with Crippen LogP contribution in [-0.4, -0.2) is 22.8 Å². The van der Waals surface area contributed by atoms with E-state index in [0.29, 0.717) is 0 Å². The Hall–Kier alpha value is -11.1. The highest BCUT2D eigenvalue weighted by atomic mass is 15.0. The van der Waals surface area contributed by atoms with Crippen LogP contribution < -0.4 is 0 Å². The Labute approximate surface area is 490 Å². The Morgan fingerprint density at radius 2 is 0.482 bits per heavy atom. The molecule has 0 saturated carbocycles. The number of hydrogen-bond donors (Lipinski definition) is 0. The van der Waals surface area contributed by atoms with Crippen molar-refractivity contribution in [2.24, 2.45) is 0 Å². The lowest BCUT2D eigenvalue weighted by molar-refractivity contribution is 1.14. The van der Waals surface area contributed by atoms with E-state index in [1.165, 1.54) is 148 Å². The second-order valence-electron chi connectivity index (χ2n) is 22.5. The Balaban J connectivity index is 0.000000134. The first-order valence-corrected chi connectivity index (χ1v) is 29.3. The fourth-order valence-electron chi connectivity index (χ4n) is 14.2. The zero-order valence-corrected chi connectivity index (χ0v) is 47.0. The minimum Gasteiger partial charge on any atom is -0.309 e. The van der Waals surface area contributed by atoms with Crippen LogP contribution in [0.25, 0.3) is 149 Å². The third kappa shape index (κ3) is 7.43. The summed E-state index contributed by atoms with van der Waals surface area (Å²) in [5.74, 6) is 0. The lowest BCUT2D eigenvalue weighted by atomic mass is 9.95. The van der Waals surface area contributed by atoms with E-state index in [2.05, 4.69) is 334 Å². The minimum absolute atomic E-state index is 1.14. The van der Waals surface area contributed by atoms with E-state index in [9.17, 15) is 0 Å². The second-order valence-corrected chi connectivity index (χ2v) is 22.5. The van der Waals surface area contributed by atoms with Gasteiger partial charge < -0.3 is 22.8 Å². The van der Waals surface area contributed by atoms with Crippen LogP contribution in [0, 0.1) is 13.8 Å². The van der Waals surface area contributed by atoms with Gasteiger partial charge in [-0.2, -0.15) is 0 Å². The highest BCUT2D eigenvalue weighted by molar-refractivity contribution is 6.26. The Morgan fingerprint density at radius 1 is 0.188 bits per heavy atom. The van der Waals surface area contributed by atoms with Crippen LogP contribution >= 0.6 is 0 Å². The highest BCUT2D eigenvalue weighted by Crippen LogP contribution is 2.44. The van der Waals surface area contributed by atoms with Gasteiger partial charge in [0.1, 0.15) is 0 Å². The molecule has 0 aliphatic rings.